The first-order valence-electron chi connectivity index (χ1n) is 8.54. The van der Waals surface area contributed by atoms with Crippen molar-refractivity contribution >= 4 is 0 Å². The van der Waals surface area contributed by atoms with Gasteiger partial charge in [0.2, 0.25) is 0 Å². The molecule has 0 aromatic carbocycles. The van der Waals surface area contributed by atoms with Gasteiger partial charge in [0.15, 0.2) is 0 Å². The predicted molar refractivity (Wildman–Crippen MR) is 89.0 cm³/mol. The molecule has 0 saturated heterocycles. The zero-order valence-corrected chi connectivity index (χ0v) is 13.3. The highest BCUT2D eigenvalue weighted by molar-refractivity contribution is 4.81. The van der Waals surface area contributed by atoms with Gasteiger partial charge in [0.1, 0.15) is 0 Å². The normalized spacial score (nSPS) is 13.2. The molecular weight excluding hydrogens is 228 g/mol. The third-order valence-corrected chi connectivity index (χ3v) is 3.80. The van der Waals surface area contributed by atoms with E-state index in [9.17, 15) is 0 Å². The highest BCUT2D eigenvalue weighted by Crippen LogP contribution is 2.17. The number of hydrogen-bond donors (Lipinski definition) is 0. The molecule has 0 fully saturated rings. The fourth-order valence-electron chi connectivity index (χ4n) is 2.42. The first-order valence-corrected chi connectivity index (χ1v) is 8.54. The van der Waals surface area contributed by atoms with Gasteiger partial charge >= 0.3 is 0 Å². The molecule has 0 saturated carbocycles. The maximum absolute atomic E-state index is 3.89. The van der Waals surface area contributed by atoms with E-state index in [1.54, 1.807) is 0 Å². The van der Waals surface area contributed by atoms with E-state index in [2.05, 4.69) is 32.9 Å². The van der Waals surface area contributed by atoms with Gasteiger partial charge in [-0.05, 0) is 31.6 Å². The third-order valence-electron chi connectivity index (χ3n) is 3.80. The summed E-state index contributed by atoms with van der Waals surface area (Å²) in [6.07, 6.45) is 21.7. The van der Waals surface area contributed by atoms with Gasteiger partial charge in [0, 0.05) is 0 Å². The molecule has 0 aromatic rings. The van der Waals surface area contributed by atoms with Crippen molar-refractivity contribution in [1.29, 1.82) is 0 Å². The van der Waals surface area contributed by atoms with Gasteiger partial charge in [0.25, 0.3) is 0 Å². The molecule has 0 N–H and O–H groups in total. The SMILES string of the molecule is [CH2]CCCC/C=C/CCCCC(C)CCCCC[CH2]. The lowest BCUT2D eigenvalue weighted by atomic mass is 9.96. The minimum absolute atomic E-state index is 0.922. The van der Waals surface area contributed by atoms with Gasteiger partial charge in [-0.1, -0.05) is 90.7 Å². The van der Waals surface area contributed by atoms with Crippen LogP contribution in [0.5, 0.6) is 0 Å². The molecule has 0 nitrogen and oxygen atoms in total. The van der Waals surface area contributed by atoms with Crippen molar-refractivity contribution in [2.45, 2.75) is 90.4 Å². The van der Waals surface area contributed by atoms with Crippen LogP contribution in [0.25, 0.3) is 0 Å². The Kier molecular flexibility index (Phi) is 15.6. The summed E-state index contributed by atoms with van der Waals surface area (Å²) in [4.78, 5) is 0. The monoisotopic (exact) mass is 264 g/mol. The highest BCUT2D eigenvalue weighted by Gasteiger charge is 2.01. The molecule has 0 aromatic heterocycles. The van der Waals surface area contributed by atoms with Crippen LogP contribution in [0.3, 0.4) is 0 Å². The van der Waals surface area contributed by atoms with Gasteiger partial charge < -0.3 is 0 Å². The molecule has 2 radical (unpaired) electrons. The van der Waals surface area contributed by atoms with E-state index in [0.717, 1.165) is 18.8 Å². The summed E-state index contributed by atoms with van der Waals surface area (Å²) in [6.45, 7) is 10.2. The fraction of sp³-hybridized carbons (Fsp3) is 0.789. The standard InChI is InChI=1S/C19H36/c1-4-6-8-10-11-12-13-14-16-18-19(3)17-15-9-7-5-2/h11-12,19H,1-2,4-10,13-18H2,3H3/b12-11+. The van der Waals surface area contributed by atoms with Crippen LogP contribution in [0.15, 0.2) is 12.2 Å². The van der Waals surface area contributed by atoms with Crippen LogP contribution in [0.1, 0.15) is 90.4 Å². The molecule has 0 rings (SSSR count). The molecule has 0 heterocycles. The van der Waals surface area contributed by atoms with Gasteiger partial charge in [-0.3, -0.25) is 0 Å². The topological polar surface area (TPSA) is 0 Å². The Hall–Kier alpha value is -0.260. The minimum atomic E-state index is 0.922. The summed E-state index contributed by atoms with van der Waals surface area (Å²) in [5.74, 6) is 0.922. The van der Waals surface area contributed by atoms with E-state index in [4.69, 9.17) is 0 Å². The quantitative estimate of drug-likeness (QED) is 0.236. The molecule has 0 aliphatic heterocycles. The lowest BCUT2D eigenvalue weighted by Crippen LogP contribution is -1.94. The lowest BCUT2D eigenvalue weighted by molar-refractivity contribution is 0.442. The Morgan fingerprint density at radius 2 is 1.16 bits per heavy atom. The largest absolute Gasteiger partial charge is 0.0885 e. The van der Waals surface area contributed by atoms with Crippen molar-refractivity contribution in [1.82, 2.24) is 0 Å². The van der Waals surface area contributed by atoms with E-state index in [1.807, 2.05) is 0 Å². The Balaban J connectivity index is 3.19. The summed E-state index contributed by atoms with van der Waals surface area (Å²) in [7, 11) is 0. The second kappa shape index (κ2) is 15.8. The zero-order chi connectivity index (χ0) is 14.2. The molecule has 19 heavy (non-hydrogen) atoms. The molecule has 0 aliphatic carbocycles. The van der Waals surface area contributed by atoms with E-state index in [-0.39, 0.29) is 0 Å². The second-order valence-corrected chi connectivity index (χ2v) is 5.91. The van der Waals surface area contributed by atoms with Crippen LogP contribution in [0.4, 0.5) is 0 Å². The van der Waals surface area contributed by atoms with Gasteiger partial charge in [-0.2, -0.15) is 0 Å². The van der Waals surface area contributed by atoms with Crippen molar-refractivity contribution < 1.29 is 0 Å². The maximum atomic E-state index is 3.89. The molecule has 0 aliphatic rings. The molecule has 0 heteroatoms. The van der Waals surface area contributed by atoms with E-state index >= 15 is 0 Å². The van der Waals surface area contributed by atoms with Gasteiger partial charge in [-0.15, -0.1) is 0 Å². The first-order chi connectivity index (χ1) is 9.31. The smallest absolute Gasteiger partial charge is 0.0351 e. The van der Waals surface area contributed by atoms with Crippen molar-refractivity contribution in [3.63, 3.8) is 0 Å². The van der Waals surface area contributed by atoms with Gasteiger partial charge in [-0.25, -0.2) is 0 Å². The lowest BCUT2D eigenvalue weighted by Gasteiger charge is -2.10. The van der Waals surface area contributed by atoms with Gasteiger partial charge in [0.05, 0.1) is 0 Å². The van der Waals surface area contributed by atoms with Crippen molar-refractivity contribution in [2.75, 3.05) is 0 Å². The maximum Gasteiger partial charge on any atom is -0.0351 e. The third kappa shape index (κ3) is 15.7. The molecule has 0 bridgehead atoms. The van der Waals surface area contributed by atoms with Crippen LogP contribution in [-0.2, 0) is 0 Å². The van der Waals surface area contributed by atoms with E-state index in [1.165, 1.54) is 70.6 Å². The van der Waals surface area contributed by atoms with E-state index < -0.39 is 0 Å². The highest BCUT2D eigenvalue weighted by atomic mass is 14.1. The van der Waals surface area contributed by atoms with Crippen molar-refractivity contribution in [3.8, 4) is 0 Å². The Bertz CT molecular complexity index is 180. The first kappa shape index (κ1) is 18.7. The average Bonchev–Trinajstić information content (AvgIpc) is 2.42. The Morgan fingerprint density at radius 1 is 0.684 bits per heavy atom. The zero-order valence-electron chi connectivity index (χ0n) is 13.3. The van der Waals surface area contributed by atoms with Crippen LogP contribution in [0.2, 0.25) is 0 Å². The fourth-order valence-corrected chi connectivity index (χ4v) is 2.42. The summed E-state index contributed by atoms with van der Waals surface area (Å²) in [6, 6.07) is 0. The van der Waals surface area contributed by atoms with E-state index in [0.29, 0.717) is 0 Å². The Labute approximate surface area is 123 Å². The number of unbranched alkanes of at least 4 members (excludes halogenated alkanes) is 8. The minimum Gasteiger partial charge on any atom is -0.0885 e. The van der Waals surface area contributed by atoms with Crippen molar-refractivity contribution in [2.24, 2.45) is 5.92 Å². The number of rotatable bonds is 14. The predicted octanol–water partition coefficient (Wildman–Crippen LogP) is 6.92. The molecular formula is C19H36. The second-order valence-electron chi connectivity index (χ2n) is 5.91. The molecule has 112 valence electrons. The summed E-state index contributed by atoms with van der Waals surface area (Å²) in [5.41, 5.74) is 0. The Morgan fingerprint density at radius 3 is 1.74 bits per heavy atom. The number of hydrogen-bond acceptors (Lipinski definition) is 0. The van der Waals surface area contributed by atoms with Crippen LogP contribution < -0.4 is 0 Å². The summed E-state index contributed by atoms with van der Waals surface area (Å²) < 4.78 is 0. The molecule has 1 unspecified atom stereocenters. The molecule has 1 atom stereocenters. The van der Waals surface area contributed by atoms with Crippen molar-refractivity contribution in [3.05, 3.63) is 26.0 Å². The summed E-state index contributed by atoms with van der Waals surface area (Å²) in [5, 5.41) is 0. The molecule has 0 amide bonds. The van der Waals surface area contributed by atoms with Crippen LogP contribution >= 0.6 is 0 Å². The van der Waals surface area contributed by atoms with Crippen LogP contribution in [0, 0.1) is 19.8 Å². The van der Waals surface area contributed by atoms with Crippen LogP contribution in [-0.4, -0.2) is 0 Å². The number of allylic oxidation sites excluding steroid dienone is 2. The average molecular weight is 264 g/mol. The summed E-state index contributed by atoms with van der Waals surface area (Å²) >= 11 is 0. The molecule has 0 spiro atoms.